The van der Waals surface area contributed by atoms with Gasteiger partial charge in [0.05, 0.1) is 18.3 Å². The lowest BCUT2D eigenvalue weighted by Crippen LogP contribution is -2.40. The van der Waals surface area contributed by atoms with Crippen molar-refractivity contribution in [3.8, 4) is 0 Å². The molecular weight excluding hydrogens is 224 g/mol. The normalized spacial score (nSPS) is 50.7. The number of aliphatic hydroxyl groups excluding tert-OH is 1. The van der Waals surface area contributed by atoms with Crippen LogP contribution in [0.4, 0.5) is 0 Å². The van der Waals surface area contributed by atoms with Gasteiger partial charge >= 0.3 is 0 Å². The molecule has 5 atom stereocenters. The topological polar surface area (TPSA) is 29.5 Å². The molecule has 3 aliphatic rings. The van der Waals surface area contributed by atoms with Crippen molar-refractivity contribution >= 4 is 0 Å². The minimum Gasteiger partial charge on any atom is -0.393 e. The fourth-order valence-corrected chi connectivity index (χ4v) is 4.81. The molecule has 0 aromatic carbocycles. The van der Waals surface area contributed by atoms with E-state index in [1.165, 1.54) is 19.3 Å². The Bertz CT molecular complexity index is 325. The first-order valence-electron chi connectivity index (χ1n) is 7.77. The van der Waals surface area contributed by atoms with Gasteiger partial charge < -0.3 is 9.84 Å². The molecule has 18 heavy (non-hydrogen) atoms. The highest BCUT2D eigenvalue weighted by molar-refractivity contribution is 5.11. The van der Waals surface area contributed by atoms with Crippen LogP contribution < -0.4 is 0 Å². The molecule has 104 valence electrons. The van der Waals surface area contributed by atoms with Gasteiger partial charge in [0.25, 0.3) is 0 Å². The Kier molecular flexibility index (Phi) is 3.02. The lowest BCUT2D eigenvalue weighted by atomic mass is 9.70. The highest BCUT2D eigenvalue weighted by atomic mass is 16.5. The van der Waals surface area contributed by atoms with Crippen LogP contribution in [-0.4, -0.2) is 23.4 Å². The van der Waals surface area contributed by atoms with E-state index < -0.39 is 0 Å². The highest BCUT2D eigenvalue weighted by Crippen LogP contribution is 2.66. The molecule has 3 aliphatic carbocycles. The molecule has 0 aromatic heterocycles. The van der Waals surface area contributed by atoms with Crippen LogP contribution in [0, 0.1) is 16.7 Å². The van der Waals surface area contributed by atoms with Gasteiger partial charge in [0, 0.05) is 0 Å². The molecule has 0 amide bonds. The highest BCUT2D eigenvalue weighted by Gasteiger charge is 2.62. The van der Waals surface area contributed by atoms with Gasteiger partial charge in [0.1, 0.15) is 0 Å². The first-order valence-corrected chi connectivity index (χ1v) is 7.77. The third kappa shape index (κ3) is 1.76. The molecule has 2 bridgehead atoms. The molecule has 0 spiro atoms. The third-order valence-corrected chi connectivity index (χ3v) is 6.67. The van der Waals surface area contributed by atoms with Crippen molar-refractivity contribution in [3.05, 3.63) is 0 Å². The lowest BCUT2D eigenvalue weighted by Gasteiger charge is -2.41. The van der Waals surface area contributed by atoms with E-state index >= 15 is 0 Å². The Balaban J connectivity index is 1.68. The Morgan fingerprint density at radius 2 is 1.83 bits per heavy atom. The fraction of sp³-hybridized carbons (Fsp3) is 1.00. The number of hydrogen-bond donors (Lipinski definition) is 1. The van der Waals surface area contributed by atoms with Crippen molar-refractivity contribution in [2.24, 2.45) is 16.7 Å². The van der Waals surface area contributed by atoms with Crippen molar-refractivity contribution < 1.29 is 9.84 Å². The molecular formula is C16H28O2. The number of ether oxygens (including phenoxy) is 1. The zero-order chi connectivity index (χ0) is 13.0. The molecule has 2 heteroatoms. The Hall–Kier alpha value is -0.0800. The van der Waals surface area contributed by atoms with Crippen molar-refractivity contribution in [2.45, 2.75) is 84.0 Å². The largest absolute Gasteiger partial charge is 0.393 e. The van der Waals surface area contributed by atoms with Crippen LogP contribution in [0.25, 0.3) is 0 Å². The SMILES string of the molecule is CC1(C)C2CCC1(C)C(OC1CCCC(O)C1)C2. The second-order valence-corrected chi connectivity index (χ2v) is 7.68. The van der Waals surface area contributed by atoms with E-state index in [1.54, 1.807) is 0 Å². The monoisotopic (exact) mass is 252 g/mol. The van der Waals surface area contributed by atoms with E-state index in [-0.39, 0.29) is 6.10 Å². The predicted molar refractivity (Wildman–Crippen MR) is 72.4 cm³/mol. The van der Waals surface area contributed by atoms with Crippen molar-refractivity contribution in [1.29, 1.82) is 0 Å². The van der Waals surface area contributed by atoms with Crippen LogP contribution in [0.1, 0.15) is 65.7 Å². The summed E-state index contributed by atoms with van der Waals surface area (Å²) in [4.78, 5) is 0. The average Bonchev–Trinajstić information content (AvgIpc) is 2.62. The van der Waals surface area contributed by atoms with Crippen LogP contribution in [0.5, 0.6) is 0 Å². The smallest absolute Gasteiger partial charge is 0.0640 e. The maximum atomic E-state index is 9.77. The van der Waals surface area contributed by atoms with E-state index in [2.05, 4.69) is 20.8 Å². The van der Waals surface area contributed by atoms with Crippen LogP contribution in [0.15, 0.2) is 0 Å². The van der Waals surface area contributed by atoms with Crippen molar-refractivity contribution in [2.75, 3.05) is 0 Å². The van der Waals surface area contributed by atoms with E-state index in [0.717, 1.165) is 31.6 Å². The van der Waals surface area contributed by atoms with E-state index in [9.17, 15) is 5.11 Å². The standard InChI is InChI=1S/C16H28O2/c1-15(2)11-7-8-16(15,3)14(9-11)18-13-6-4-5-12(17)10-13/h11-14,17H,4-10H2,1-3H3. The van der Waals surface area contributed by atoms with Crippen molar-refractivity contribution in [3.63, 3.8) is 0 Å². The predicted octanol–water partition coefficient (Wildman–Crippen LogP) is 3.52. The summed E-state index contributed by atoms with van der Waals surface area (Å²) < 4.78 is 6.44. The molecule has 0 heterocycles. The second kappa shape index (κ2) is 4.21. The van der Waals surface area contributed by atoms with Gasteiger partial charge in [-0.2, -0.15) is 0 Å². The molecule has 3 fully saturated rings. The third-order valence-electron chi connectivity index (χ3n) is 6.67. The summed E-state index contributed by atoms with van der Waals surface area (Å²) in [6, 6.07) is 0. The molecule has 0 radical (unpaired) electrons. The summed E-state index contributed by atoms with van der Waals surface area (Å²) in [7, 11) is 0. The number of hydrogen-bond acceptors (Lipinski definition) is 2. The molecule has 3 saturated carbocycles. The van der Waals surface area contributed by atoms with Gasteiger partial charge in [-0.25, -0.2) is 0 Å². The van der Waals surface area contributed by atoms with Crippen LogP contribution in [-0.2, 0) is 4.74 Å². The maximum Gasteiger partial charge on any atom is 0.0640 e. The summed E-state index contributed by atoms with van der Waals surface area (Å²) in [5, 5.41) is 9.77. The summed E-state index contributed by atoms with van der Waals surface area (Å²) >= 11 is 0. The van der Waals surface area contributed by atoms with E-state index in [1.807, 2.05) is 0 Å². The summed E-state index contributed by atoms with van der Waals surface area (Å²) in [6.07, 6.45) is 8.68. The summed E-state index contributed by atoms with van der Waals surface area (Å²) in [5.74, 6) is 0.848. The molecule has 0 aromatic rings. The molecule has 1 N–H and O–H groups in total. The quantitative estimate of drug-likeness (QED) is 0.815. The minimum atomic E-state index is -0.122. The number of aliphatic hydroxyl groups is 1. The van der Waals surface area contributed by atoms with Crippen LogP contribution >= 0.6 is 0 Å². The molecule has 2 nitrogen and oxygen atoms in total. The number of fused-ring (bicyclic) bond motifs is 2. The zero-order valence-corrected chi connectivity index (χ0v) is 12.1. The Morgan fingerprint density at radius 1 is 1.06 bits per heavy atom. The van der Waals surface area contributed by atoms with Crippen molar-refractivity contribution in [1.82, 2.24) is 0 Å². The van der Waals surface area contributed by atoms with Crippen LogP contribution in [0.2, 0.25) is 0 Å². The van der Waals surface area contributed by atoms with Crippen LogP contribution in [0.3, 0.4) is 0 Å². The summed E-state index contributed by atoms with van der Waals surface area (Å²) in [6.45, 7) is 7.30. The zero-order valence-electron chi connectivity index (χ0n) is 12.1. The van der Waals surface area contributed by atoms with Gasteiger partial charge in [0.15, 0.2) is 0 Å². The summed E-state index contributed by atoms with van der Waals surface area (Å²) in [5.41, 5.74) is 0.797. The van der Waals surface area contributed by atoms with E-state index in [4.69, 9.17) is 4.74 Å². The van der Waals surface area contributed by atoms with Gasteiger partial charge in [-0.1, -0.05) is 20.8 Å². The average molecular weight is 252 g/mol. The lowest BCUT2D eigenvalue weighted by molar-refractivity contribution is -0.109. The molecule has 5 unspecified atom stereocenters. The van der Waals surface area contributed by atoms with Gasteiger partial charge in [-0.3, -0.25) is 0 Å². The maximum absolute atomic E-state index is 9.77. The molecule has 0 saturated heterocycles. The fourth-order valence-electron chi connectivity index (χ4n) is 4.81. The number of rotatable bonds is 2. The Labute approximate surface area is 111 Å². The van der Waals surface area contributed by atoms with Gasteiger partial charge in [-0.15, -0.1) is 0 Å². The van der Waals surface area contributed by atoms with Gasteiger partial charge in [0.2, 0.25) is 0 Å². The molecule has 3 rings (SSSR count). The first-order chi connectivity index (χ1) is 8.43. The second-order valence-electron chi connectivity index (χ2n) is 7.68. The van der Waals surface area contributed by atoms with E-state index in [0.29, 0.717) is 23.0 Å². The van der Waals surface area contributed by atoms with Gasteiger partial charge in [-0.05, 0) is 61.7 Å². The first kappa shape index (κ1) is 12.9. The molecule has 0 aliphatic heterocycles. The minimum absolute atomic E-state index is 0.122. The Morgan fingerprint density at radius 3 is 2.39 bits per heavy atom.